The molecule has 1 aliphatic rings. The lowest BCUT2D eigenvalue weighted by molar-refractivity contribution is -0.115. The van der Waals surface area contributed by atoms with Gasteiger partial charge in [0.1, 0.15) is 5.75 Å². The molecule has 1 heterocycles. The van der Waals surface area contributed by atoms with Gasteiger partial charge in [0.15, 0.2) is 0 Å². The molecule has 0 unspecified atom stereocenters. The zero-order valence-electron chi connectivity index (χ0n) is 15.8. The van der Waals surface area contributed by atoms with Crippen LogP contribution < -0.4 is 10.1 Å². The summed E-state index contributed by atoms with van der Waals surface area (Å²) in [7, 11) is 3.66. The second-order valence-corrected chi connectivity index (χ2v) is 6.75. The number of benzene rings is 2. The predicted molar refractivity (Wildman–Crippen MR) is 105 cm³/mol. The van der Waals surface area contributed by atoms with Crippen LogP contribution in [0, 0.1) is 0 Å². The van der Waals surface area contributed by atoms with Gasteiger partial charge in [-0.3, -0.25) is 9.59 Å². The first-order valence-electron chi connectivity index (χ1n) is 9.06. The maximum absolute atomic E-state index is 12.5. The van der Waals surface area contributed by atoms with Crippen molar-refractivity contribution in [2.75, 3.05) is 45.7 Å². The first-order valence-corrected chi connectivity index (χ1v) is 9.06. The number of piperazine rings is 1. The lowest BCUT2D eigenvalue weighted by Gasteiger charge is -2.32. The standard InChI is InChI=1S/C21H25N3O3/c1-23-10-12-24(13-11-23)21(26)17-6-8-18(9-7-17)22-20(25)15-16-4-3-5-19(14-16)27-2/h3-9,14H,10-13,15H2,1-2H3,(H,22,25). The average Bonchev–Trinajstić information content (AvgIpc) is 2.68. The highest BCUT2D eigenvalue weighted by Crippen LogP contribution is 2.15. The van der Waals surface area contributed by atoms with Gasteiger partial charge in [-0.15, -0.1) is 0 Å². The van der Waals surface area contributed by atoms with E-state index >= 15 is 0 Å². The van der Waals surface area contributed by atoms with E-state index in [4.69, 9.17) is 4.74 Å². The van der Waals surface area contributed by atoms with Crippen LogP contribution >= 0.6 is 0 Å². The van der Waals surface area contributed by atoms with Gasteiger partial charge < -0.3 is 19.9 Å². The number of anilines is 1. The molecule has 0 bridgehead atoms. The number of amides is 2. The zero-order valence-corrected chi connectivity index (χ0v) is 15.8. The van der Waals surface area contributed by atoms with Crippen molar-refractivity contribution in [1.82, 2.24) is 9.80 Å². The molecule has 0 saturated carbocycles. The summed E-state index contributed by atoms with van der Waals surface area (Å²) in [4.78, 5) is 28.9. The number of nitrogens with one attached hydrogen (secondary N) is 1. The normalized spacial score (nSPS) is 14.7. The lowest BCUT2D eigenvalue weighted by atomic mass is 10.1. The van der Waals surface area contributed by atoms with Crippen LogP contribution in [0.5, 0.6) is 5.75 Å². The molecule has 1 aliphatic heterocycles. The lowest BCUT2D eigenvalue weighted by Crippen LogP contribution is -2.47. The number of methoxy groups -OCH3 is 1. The minimum atomic E-state index is -0.110. The van der Waals surface area contributed by atoms with Gasteiger partial charge in [-0.05, 0) is 49.0 Å². The van der Waals surface area contributed by atoms with E-state index in [2.05, 4.69) is 17.3 Å². The van der Waals surface area contributed by atoms with Gasteiger partial charge in [0.05, 0.1) is 13.5 Å². The van der Waals surface area contributed by atoms with Crippen molar-refractivity contribution >= 4 is 17.5 Å². The zero-order chi connectivity index (χ0) is 19.2. The number of carbonyl (C=O) groups excluding carboxylic acids is 2. The van der Waals surface area contributed by atoms with E-state index in [1.54, 1.807) is 31.4 Å². The average molecular weight is 367 g/mol. The monoisotopic (exact) mass is 367 g/mol. The molecule has 6 nitrogen and oxygen atoms in total. The fourth-order valence-corrected chi connectivity index (χ4v) is 3.06. The van der Waals surface area contributed by atoms with E-state index < -0.39 is 0 Å². The van der Waals surface area contributed by atoms with Crippen LogP contribution in [0.4, 0.5) is 5.69 Å². The van der Waals surface area contributed by atoms with Crippen molar-refractivity contribution < 1.29 is 14.3 Å². The molecule has 1 fully saturated rings. The van der Waals surface area contributed by atoms with Gasteiger partial charge in [0, 0.05) is 37.4 Å². The molecule has 2 aromatic carbocycles. The topological polar surface area (TPSA) is 61.9 Å². The van der Waals surface area contributed by atoms with E-state index in [1.165, 1.54) is 0 Å². The Hall–Kier alpha value is -2.86. The van der Waals surface area contributed by atoms with E-state index in [9.17, 15) is 9.59 Å². The molecule has 0 spiro atoms. The number of ether oxygens (including phenoxy) is 1. The highest BCUT2D eigenvalue weighted by atomic mass is 16.5. The number of hydrogen-bond acceptors (Lipinski definition) is 4. The van der Waals surface area contributed by atoms with Crippen molar-refractivity contribution in [3.63, 3.8) is 0 Å². The number of hydrogen-bond donors (Lipinski definition) is 1. The SMILES string of the molecule is COc1cccc(CC(=O)Nc2ccc(C(=O)N3CCN(C)CC3)cc2)c1. The molecule has 142 valence electrons. The summed E-state index contributed by atoms with van der Waals surface area (Å²) in [5, 5.41) is 2.87. The second-order valence-electron chi connectivity index (χ2n) is 6.75. The largest absolute Gasteiger partial charge is 0.497 e. The fraction of sp³-hybridized carbons (Fsp3) is 0.333. The van der Waals surface area contributed by atoms with Crippen molar-refractivity contribution in [3.8, 4) is 5.75 Å². The Bertz CT molecular complexity index is 797. The van der Waals surface area contributed by atoms with Crippen molar-refractivity contribution in [3.05, 3.63) is 59.7 Å². The maximum atomic E-state index is 12.5. The van der Waals surface area contributed by atoms with Crippen molar-refractivity contribution in [1.29, 1.82) is 0 Å². The smallest absolute Gasteiger partial charge is 0.253 e. The van der Waals surface area contributed by atoms with Gasteiger partial charge in [-0.2, -0.15) is 0 Å². The highest BCUT2D eigenvalue weighted by Gasteiger charge is 2.20. The van der Waals surface area contributed by atoms with Crippen LogP contribution in [-0.2, 0) is 11.2 Å². The molecule has 0 aromatic heterocycles. The second kappa shape index (κ2) is 8.68. The molecule has 0 radical (unpaired) electrons. The summed E-state index contributed by atoms with van der Waals surface area (Å²) in [6, 6.07) is 14.5. The Kier molecular flexibility index (Phi) is 6.08. The van der Waals surface area contributed by atoms with Crippen LogP contribution in [0.25, 0.3) is 0 Å². The first kappa shape index (κ1) is 18.9. The van der Waals surface area contributed by atoms with Gasteiger partial charge in [0.2, 0.25) is 5.91 Å². The first-order chi connectivity index (χ1) is 13.0. The van der Waals surface area contributed by atoms with Gasteiger partial charge in [0.25, 0.3) is 5.91 Å². The summed E-state index contributed by atoms with van der Waals surface area (Å²) in [6.45, 7) is 3.27. The van der Waals surface area contributed by atoms with E-state index in [0.717, 1.165) is 37.5 Å². The van der Waals surface area contributed by atoms with Gasteiger partial charge in [-0.1, -0.05) is 12.1 Å². The molecule has 0 aliphatic carbocycles. The highest BCUT2D eigenvalue weighted by molar-refractivity contribution is 5.96. The maximum Gasteiger partial charge on any atom is 0.253 e. The summed E-state index contributed by atoms with van der Waals surface area (Å²) in [5.74, 6) is 0.658. The summed E-state index contributed by atoms with van der Waals surface area (Å²) in [5.41, 5.74) is 2.21. The third-order valence-electron chi connectivity index (χ3n) is 4.70. The quantitative estimate of drug-likeness (QED) is 0.881. The molecule has 2 amide bonds. The van der Waals surface area contributed by atoms with Crippen LogP contribution in [0.3, 0.4) is 0 Å². The fourth-order valence-electron chi connectivity index (χ4n) is 3.06. The van der Waals surface area contributed by atoms with E-state index in [1.807, 2.05) is 29.2 Å². The van der Waals surface area contributed by atoms with Crippen molar-refractivity contribution in [2.24, 2.45) is 0 Å². The number of nitrogens with zero attached hydrogens (tertiary/aromatic N) is 2. The Morgan fingerprint density at radius 1 is 1.04 bits per heavy atom. The Morgan fingerprint density at radius 3 is 2.41 bits per heavy atom. The Balaban J connectivity index is 1.56. The van der Waals surface area contributed by atoms with Gasteiger partial charge >= 0.3 is 0 Å². The third-order valence-corrected chi connectivity index (χ3v) is 4.70. The molecule has 1 saturated heterocycles. The van der Waals surface area contributed by atoms with Crippen LogP contribution in [0.2, 0.25) is 0 Å². The molecular weight excluding hydrogens is 342 g/mol. The Morgan fingerprint density at radius 2 is 1.74 bits per heavy atom. The molecule has 6 heteroatoms. The van der Waals surface area contributed by atoms with Gasteiger partial charge in [-0.25, -0.2) is 0 Å². The number of carbonyl (C=O) groups is 2. The van der Waals surface area contributed by atoms with Crippen LogP contribution in [0.1, 0.15) is 15.9 Å². The van der Waals surface area contributed by atoms with Crippen molar-refractivity contribution in [2.45, 2.75) is 6.42 Å². The number of rotatable bonds is 5. The van der Waals surface area contributed by atoms with E-state index in [-0.39, 0.29) is 18.2 Å². The molecule has 1 N–H and O–H groups in total. The molecule has 0 atom stereocenters. The molecule has 3 rings (SSSR count). The molecule has 2 aromatic rings. The molecular formula is C21H25N3O3. The van der Waals surface area contributed by atoms with Crippen LogP contribution in [-0.4, -0.2) is 62.0 Å². The summed E-state index contributed by atoms with van der Waals surface area (Å²) >= 11 is 0. The minimum Gasteiger partial charge on any atom is -0.497 e. The number of likely N-dealkylation sites (N-methyl/N-ethyl adjacent to an activating group) is 1. The summed E-state index contributed by atoms with van der Waals surface area (Å²) < 4.78 is 5.18. The molecule has 27 heavy (non-hydrogen) atoms. The Labute approximate surface area is 159 Å². The van der Waals surface area contributed by atoms with E-state index in [0.29, 0.717) is 11.3 Å². The minimum absolute atomic E-state index is 0.0392. The summed E-state index contributed by atoms with van der Waals surface area (Å²) in [6.07, 6.45) is 0.263. The third kappa shape index (κ3) is 5.08. The predicted octanol–water partition coefficient (Wildman–Crippen LogP) is 2.26. The van der Waals surface area contributed by atoms with Crippen LogP contribution in [0.15, 0.2) is 48.5 Å².